The molecule has 0 aliphatic rings. The predicted octanol–water partition coefficient (Wildman–Crippen LogP) is 3.35. The third-order valence-electron chi connectivity index (χ3n) is 2.19. The molecule has 0 aliphatic carbocycles. The highest BCUT2D eigenvalue weighted by Crippen LogP contribution is 2.19. The van der Waals surface area contributed by atoms with E-state index in [2.05, 4.69) is 20.9 Å². The van der Waals surface area contributed by atoms with Crippen LogP contribution in [0, 0.1) is 11.6 Å². The van der Waals surface area contributed by atoms with Gasteiger partial charge in [-0.05, 0) is 24.3 Å². The lowest BCUT2D eigenvalue weighted by atomic mass is 10.0. The maximum atomic E-state index is 13.5. The molecule has 0 unspecified atom stereocenters. The molecule has 0 spiro atoms. The number of ketones is 1. The standard InChI is InChI=1S/C12H6BrF2NO/c13-7-1-2-8(10(14)5-7)12(17)9-3-4-16-6-11(9)15/h1-6H. The Labute approximate surface area is 104 Å². The molecule has 0 fully saturated rings. The molecule has 5 heteroatoms. The van der Waals surface area contributed by atoms with Gasteiger partial charge in [0.15, 0.2) is 11.6 Å². The van der Waals surface area contributed by atoms with E-state index < -0.39 is 17.4 Å². The number of pyridine rings is 1. The fraction of sp³-hybridized carbons (Fsp3) is 0. The average molecular weight is 298 g/mol. The van der Waals surface area contributed by atoms with Gasteiger partial charge in [-0.1, -0.05) is 15.9 Å². The topological polar surface area (TPSA) is 30.0 Å². The van der Waals surface area contributed by atoms with Crippen LogP contribution in [0.3, 0.4) is 0 Å². The third-order valence-corrected chi connectivity index (χ3v) is 2.69. The van der Waals surface area contributed by atoms with Crippen molar-refractivity contribution >= 4 is 21.7 Å². The fourth-order valence-corrected chi connectivity index (χ4v) is 1.71. The summed E-state index contributed by atoms with van der Waals surface area (Å²) in [6.07, 6.45) is 2.21. The zero-order valence-electron chi connectivity index (χ0n) is 8.45. The van der Waals surface area contributed by atoms with Crippen molar-refractivity contribution in [3.05, 3.63) is 63.9 Å². The van der Waals surface area contributed by atoms with Crippen molar-refractivity contribution in [3.8, 4) is 0 Å². The van der Waals surface area contributed by atoms with Gasteiger partial charge in [0.25, 0.3) is 0 Å². The van der Waals surface area contributed by atoms with Crippen LogP contribution >= 0.6 is 15.9 Å². The first-order valence-corrected chi connectivity index (χ1v) is 5.48. The first-order valence-electron chi connectivity index (χ1n) is 4.69. The van der Waals surface area contributed by atoms with E-state index in [-0.39, 0.29) is 11.1 Å². The fourth-order valence-electron chi connectivity index (χ4n) is 1.38. The van der Waals surface area contributed by atoms with Gasteiger partial charge in [-0.3, -0.25) is 9.78 Å². The Morgan fingerprint density at radius 2 is 1.82 bits per heavy atom. The summed E-state index contributed by atoms with van der Waals surface area (Å²) < 4.78 is 27.4. The summed E-state index contributed by atoms with van der Waals surface area (Å²) >= 11 is 3.08. The largest absolute Gasteiger partial charge is 0.288 e. The summed E-state index contributed by atoms with van der Waals surface area (Å²) in [5.41, 5.74) is -0.362. The van der Waals surface area contributed by atoms with Crippen LogP contribution in [0.25, 0.3) is 0 Å². The summed E-state index contributed by atoms with van der Waals surface area (Å²) in [5.74, 6) is -2.16. The minimum Gasteiger partial charge on any atom is -0.288 e. The van der Waals surface area contributed by atoms with Gasteiger partial charge in [0.2, 0.25) is 0 Å². The number of rotatable bonds is 2. The van der Waals surface area contributed by atoms with E-state index in [1.54, 1.807) is 0 Å². The Balaban J connectivity index is 2.48. The summed E-state index contributed by atoms with van der Waals surface area (Å²) in [6.45, 7) is 0. The maximum Gasteiger partial charge on any atom is 0.199 e. The lowest BCUT2D eigenvalue weighted by molar-refractivity contribution is 0.103. The van der Waals surface area contributed by atoms with Gasteiger partial charge >= 0.3 is 0 Å². The molecule has 2 rings (SSSR count). The third kappa shape index (κ3) is 2.39. The van der Waals surface area contributed by atoms with Crippen molar-refractivity contribution in [1.82, 2.24) is 4.98 Å². The molecule has 86 valence electrons. The van der Waals surface area contributed by atoms with Crippen LogP contribution in [0.15, 0.2) is 41.1 Å². The Hall–Kier alpha value is -1.62. The van der Waals surface area contributed by atoms with Crippen molar-refractivity contribution < 1.29 is 13.6 Å². The highest BCUT2D eigenvalue weighted by atomic mass is 79.9. The Bertz CT molecular complexity index is 586. The number of halogens is 3. The summed E-state index contributed by atoms with van der Waals surface area (Å²) in [6, 6.07) is 5.21. The van der Waals surface area contributed by atoms with E-state index in [0.717, 1.165) is 12.3 Å². The van der Waals surface area contributed by atoms with Crippen molar-refractivity contribution in [2.45, 2.75) is 0 Å². The van der Waals surface area contributed by atoms with Gasteiger partial charge in [-0.2, -0.15) is 0 Å². The molecular weight excluding hydrogens is 292 g/mol. The van der Waals surface area contributed by atoms with Crippen molar-refractivity contribution in [2.24, 2.45) is 0 Å². The van der Waals surface area contributed by atoms with Crippen LogP contribution in [0.1, 0.15) is 15.9 Å². The Kier molecular flexibility index (Phi) is 3.28. The molecule has 1 aromatic carbocycles. The monoisotopic (exact) mass is 297 g/mol. The number of carbonyl (C=O) groups is 1. The highest BCUT2D eigenvalue weighted by molar-refractivity contribution is 9.10. The second-order valence-corrected chi connectivity index (χ2v) is 4.22. The van der Waals surface area contributed by atoms with Crippen LogP contribution in [-0.2, 0) is 0 Å². The molecule has 0 bridgehead atoms. The second-order valence-electron chi connectivity index (χ2n) is 3.31. The molecule has 1 aromatic heterocycles. The number of carbonyl (C=O) groups excluding carboxylic acids is 1. The Morgan fingerprint density at radius 1 is 1.12 bits per heavy atom. The summed E-state index contributed by atoms with van der Waals surface area (Å²) in [7, 11) is 0. The van der Waals surface area contributed by atoms with E-state index in [1.165, 1.54) is 24.4 Å². The SMILES string of the molecule is O=C(c1ccncc1F)c1ccc(Br)cc1F. The van der Waals surface area contributed by atoms with Gasteiger partial charge < -0.3 is 0 Å². The zero-order valence-corrected chi connectivity index (χ0v) is 10.0. The molecule has 2 aromatic rings. The first-order chi connectivity index (χ1) is 8.09. The molecule has 0 N–H and O–H groups in total. The lowest BCUT2D eigenvalue weighted by Gasteiger charge is -2.03. The van der Waals surface area contributed by atoms with Crippen molar-refractivity contribution in [1.29, 1.82) is 0 Å². The van der Waals surface area contributed by atoms with Crippen LogP contribution in [0.2, 0.25) is 0 Å². The van der Waals surface area contributed by atoms with Crippen LogP contribution in [0.4, 0.5) is 8.78 Å². The quantitative estimate of drug-likeness (QED) is 0.796. The van der Waals surface area contributed by atoms with E-state index in [4.69, 9.17) is 0 Å². The van der Waals surface area contributed by atoms with E-state index in [1.807, 2.05) is 0 Å². The van der Waals surface area contributed by atoms with Crippen LogP contribution < -0.4 is 0 Å². The molecule has 2 nitrogen and oxygen atoms in total. The highest BCUT2D eigenvalue weighted by Gasteiger charge is 2.17. The van der Waals surface area contributed by atoms with Crippen molar-refractivity contribution in [3.63, 3.8) is 0 Å². The molecular formula is C12H6BrF2NO. The first kappa shape index (κ1) is 11.9. The molecule has 0 saturated heterocycles. The van der Waals surface area contributed by atoms with Crippen LogP contribution in [0.5, 0.6) is 0 Å². The number of hydrogen-bond acceptors (Lipinski definition) is 2. The lowest BCUT2D eigenvalue weighted by Crippen LogP contribution is -2.07. The van der Waals surface area contributed by atoms with Gasteiger partial charge in [-0.25, -0.2) is 8.78 Å². The van der Waals surface area contributed by atoms with Crippen molar-refractivity contribution in [2.75, 3.05) is 0 Å². The number of hydrogen-bond donors (Lipinski definition) is 0. The summed E-state index contributed by atoms with van der Waals surface area (Å²) in [4.78, 5) is 15.4. The molecule has 1 heterocycles. The summed E-state index contributed by atoms with van der Waals surface area (Å²) in [5, 5.41) is 0. The van der Waals surface area contributed by atoms with Gasteiger partial charge in [0.05, 0.1) is 17.3 Å². The van der Waals surface area contributed by atoms with E-state index in [0.29, 0.717) is 4.47 Å². The number of nitrogens with zero attached hydrogens (tertiary/aromatic N) is 1. The predicted molar refractivity (Wildman–Crippen MR) is 61.7 cm³/mol. The molecule has 0 saturated carbocycles. The molecule has 0 amide bonds. The normalized spacial score (nSPS) is 10.3. The minimum atomic E-state index is -0.764. The Morgan fingerprint density at radius 3 is 2.47 bits per heavy atom. The second kappa shape index (κ2) is 4.71. The van der Waals surface area contributed by atoms with Gasteiger partial charge in [-0.15, -0.1) is 0 Å². The molecule has 0 aliphatic heterocycles. The molecule has 0 radical (unpaired) electrons. The minimum absolute atomic E-state index is 0.168. The zero-order chi connectivity index (χ0) is 12.4. The van der Waals surface area contributed by atoms with Gasteiger partial charge in [0, 0.05) is 10.7 Å². The van der Waals surface area contributed by atoms with E-state index >= 15 is 0 Å². The van der Waals surface area contributed by atoms with E-state index in [9.17, 15) is 13.6 Å². The molecule has 0 atom stereocenters. The molecule has 17 heavy (non-hydrogen) atoms. The van der Waals surface area contributed by atoms with Gasteiger partial charge in [0.1, 0.15) is 5.82 Å². The van der Waals surface area contributed by atoms with Crippen LogP contribution in [-0.4, -0.2) is 10.8 Å². The smallest absolute Gasteiger partial charge is 0.199 e. The average Bonchev–Trinajstić information content (AvgIpc) is 2.29. The number of aromatic nitrogens is 1. The maximum absolute atomic E-state index is 13.5. The number of benzene rings is 1.